The van der Waals surface area contributed by atoms with Crippen LogP contribution in [0.1, 0.15) is 11.6 Å². The van der Waals surface area contributed by atoms with Gasteiger partial charge in [-0.15, -0.1) is 6.58 Å². The molecule has 2 amide bonds. The third-order valence-corrected chi connectivity index (χ3v) is 3.32. The summed E-state index contributed by atoms with van der Waals surface area (Å²) in [4.78, 5) is 25.0. The lowest BCUT2D eigenvalue weighted by Crippen LogP contribution is -2.43. The lowest BCUT2D eigenvalue weighted by Gasteiger charge is -2.23. The summed E-state index contributed by atoms with van der Waals surface area (Å²) >= 11 is 1.61. The van der Waals surface area contributed by atoms with Crippen molar-refractivity contribution in [1.82, 2.24) is 15.5 Å². The molecule has 0 saturated heterocycles. The van der Waals surface area contributed by atoms with Crippen LogP contribution in [0.25, 0.3) is 0 Å². The van der Waals surface area contributed by atoms with Gasteiger partial charge in [-0.2, -0.15) is 11.3 Å². The summed E-state index contributed by atoms with van der Waals surface area (Å²) in [5.41, 5.74) is 1.13. The number of hydrogen-bond donors (Lipinski definition) is 2. The second-order valence-electron chi connectivity index (χ2n) is 4.24. The van der Waals surface area contributed by atoms with Crippen molar-refractivity contribution < 1.29 is 9.59 Å². The number of nitrogens with one attached hydrogen (secondary N) is 2. The van der Waals surface area contributed by atoms with E-state index in [4.69, 9.17) is 0 Å². The van der Waals surface area contributed by atoms with E-state index in [0.29, 0.717) is 6.54 Å². The standard InChI is InChI=1S/C13H19N3O2S/c1-4-6-14-12(17)13(18)15-8-11(16(2)3)10-5-7-19-9-10/h4-5,7,9,11H,1,6,8H2,2-3H3,(H,14,17)(H,15,18). The molecule has 0 aliphatic heterocycles. The van der Waals surface area contributed by atoms with Crippen LogP contribution in [0.2, 0.25) is 0 Å². The molecule has 0 fully saturated rings. The lowest BCUT2D eigenvalue weighted by atomic mass is 10.1. The fourth-order valence-electron chi connectivity index (χ4n) is 1.58. The summed E-state index contributed by atoms with van der Waals surface area (Å²) in [7, 11) is 3.87. The highest BCUT2D eigenvalue weighted by molar-refractivity contribution is 7.07. The van der Waals surface area contributed by atoms with Crippen LogP contribution in [0.3, 0.4) is 0 Å². The molecule has 1 aromatic heterocycles. The Hall–Kier alpha value is -1.66. The molecule has 0 saturated carbocycles. The highest BCUT2D eigenvalue weighted by Crippen LogP contribution is 2.19. The Morgan fingerprint density at radius 1 is 1.42 bits per heavy atom. The molecule has 0 bridgehead atoms. The maximum atomic E-state index is 11.6. The van der Waals surface area contributed by atoms with Crippen molar-refractivity contribution in [2.75, 3.05) is 27.2 Å². The summed E-state index contributed by atoms with van der Waals surface area (Å²) in [5, 5.41) is 9.10. The first-order valence-electron chi connectivity index (χ1n) is 5.91. The molecule has 19 heavy (non-hydrogen) atoms. The number of amides is 2. The average Bonchev–Trinajstić information content (AvgIpc) is 2.89. The Kier molecular flexibility index (Phi) is 6.24. The molecule has 104 valence electrons. The van der Waals surface area contributed by atoms with Crippen molar-refractivity contribution in [3.8, 4) is 0 Å². The van der Waals surface area contributed by atoms with Gasteiger partial charge in [0.1, 0.15) is 0 Å². The SMILES string of the molecule is C=CCNC(=O)C(=O)NCC(c1ccsc1)N(C)C. The van der Waals surface area contributed by atoms with Gasteiger partial charge in [-0.05, 0) is 36.5 Å². The van der Waals surface area contributed by atoms with Gasteiger partial charge in [0.25, 0.3) is 0 Å². The predicted octanol–water partition coefficient (Wildman–Crippen LogP) is 0.769. The number of carbonyl (C=O) groups is 2. The number of hydrogen-bond acceptors (Lipinski definition) is 4. The Bertz CT molecular complexity index is 429. The molecule has 0 aliphatic carbocycles. The van der Waals surface area contributed by atoms with Gasteiger partial charge >= 0.3 is 11.8 Å². The maximum Gasteiger partial charge on any atom is 0.309 e. The quantitative estimate of drug-likeness (QED) is 0.598. The number of rotatable bonds is 6. The van der Waals surface area contributed by atoms with Crippen LogP contribution < -0.4 is 10.6 Å². The fraction of sp³-hybridized carbons (Fsp3) is 0.385. The number of nitrogens with zero attached hydrogens (tertiary/aromatic N) is 1. The first-order chi connectivity index (χ1) is 9.06. The van der Waals surface area contributed by atoms with Crippen LogP contribution in [0, 0.1) is 0 Å². The predicted molar refractivity (Wildman–Crippen MR) is 77.0 cm³/mol. The number of thiophene rings is 1. The van der Waals surface area contributed by atoms with E-state index in [1.165, 1.54) is 6.08 Å². The van der Waals surface area contributed by atoms with Crippen LogP contribution in [0.4, 0.5) is 0 Å². The minimum atomic E-state index is -0.636. The lowest BCUT2D eigenvalue weighted by molar-refractivity contribution is -0.139. The van der Waals surface area contributed by atoms with Crippen molar-refractivity contribution >= 4 is 23.2 Å². The molecule has 6 heteroatoms. The zero-order chi connectivity index (χ0) is 14.3. The summed E-state index contributed by atoms with van der Waals surface area (Å²) < 4.78 is 0. The van der Waals surface area contributed by atoms with Crippen molar-refractivity contribution in [3.05, 3.63) is 35.0 Å². The van der Waals surface area contributed by atoms with E-state index in [1.54, 1.807) is 11.3 Å². The van der Waals surface area contributed by atoms with E-state index in [9.17, 15) is 9.59 Å². The molecule has 1 aromatic rings. The minimum absolute atomic E-state index is 0.0578. The van der Waals surface area contributed by atoms with Crippen LogP contribution in [0.5, 0.6) is 0 Å². The third-order valence-electron chi connectivity index (χ3n) is 2.62. The van der Waals surface area contributed by atoms with E-state index in [1.807, 2.05) is 35.8 Å². The Morgan fingerprint density at radius 2 is 2.11 bits per heavy atom. The van der Waals surface area contributed by atoms with Crippen molar-refractivity contribution in [2.24, 2.45) is 0 Å². The largest absolute Gasteiger partial charge is 0.346 e. The molecule has 0 radical (unpaired) electrons. The molecule has 0 aliphatic rings. The van der Waals surface area contributed by atoms with Gasteiger partial charge in [0.15, 0.2) is 0 Å². The molecule has 1 unspecified atom stereocenters. The molecule has 0 spiro atoms. The van der Waals surface area contributed by atoms with Gasteiger partial charge in [-0.3, -0.25) is 9.59 Å². The van der Waals surface area contributed by atoms with Crippen molar-refractivity contribution in [2.45, 2.75) is 6.04 Å². The second-order valence-corrected chi connectivity index (χ2v) is 5.02. The molecule has 1 heterocycles. The van der Waals surface area contributed by atoms with Crippen LogP contribution >= 0.6 is 11.3 Å². The molecular weight excluding hydrogens is 262 g/mol. The zero-order valence-corrected chi connectivity index (χ0v) is 12.0. The Balaban J connectivity index is 2.51. The van der Waals surface area contributed by atoms with Crippen LogP contribution in [-0.2, 0) is 9.59 Å². The monoisotopic (exact) mass is 281 g/mol. The van der Waals surface area contributed by atoms with Gasteiger partial charge in [-0.1, -0.05) is 6.08 Å². The van der Waals surface area contributed by atoms with Crippen molar-refractivity contribution in [3.63, 3.8) is 0 Å². The summed E-state index contributed by atoms with van der Waals surface area (Å²) in [6.45, 7) is 4.15. The molecule has 5 nitrogen and oxygen atoms in total. The first kappa shape index (κ1) is 15.4. The van der Waals surface area contributed by atoms with E-state index < -0.39 is 11.8 Å². The summed E-state index contributed by atoms with van der Waals surface area (Å²) in [5.74, 6) is -1.26. The summed E-state index contributed by atoms with van der Waals surface area (Å²) in [6, 6.07) is 2.07. The topological polar surface area (TPSA) is 61.4 Å². The third kappa shape index (κ3) is 4.84. The van der Waals surface area contributed by atoms with Crippen LogP contribution in [0.15, 0.2) is 29.5 Å². The minimum Gasteiger partial charge on any atom is -0.346 e. The van der Waals surface area contributed by atoms with E-state index in [2.05, 4.69) is 17.2 Å². The average molecular weight is 281 g/mol. The van der Waals surface area contributed by atoms with Crippen LogP contribution in [-0.4, -0.2) is 43.9 Å². The highest BCUT2D eigenvalue weighted by atomic mass is 32.1. The Labute approximate surface area is 117 Å². The van der Waals surface area contributed by atoms with E-state index in [0.717, 1.165) is 5.56 Å². The van der Waals surface area contributed by atoms with Gasteiger partial charge in [0, 0.05) is 13.1 Å². The molecule has 0 aromatic carbocycles. The number of carbonyl (C=O) groups excluding carboxylic acids is 2. The molecular formula is C13H19N3O2S. The Morgan fingerprint density at radius 3 is 2.63 bits per heavy atom. The maximum absolute atomic E-state index is 11.6. The highest BCUT2D eigenvalue weighted by Gasteiger charge is 2.18. The van der Waals surface area contributed by atoms with Gasteiger partial charge in [0.2, 0.25) is 0 Å². The fourth-order valence-corrected chi connectivity index (χ4v) is 2.29. The van der Waals surface area contributed by atoms with E-state index >= 15 is 0 Å². The number of likely N-dealkylation sites (N-methyl/N-ethyl adjacent to an activating group) is 1. The van der Waals surface area contributed by atoms with Gasteiger partial charge in [0.05, 0.1) is 6.04 Å². The first-order valence-corrected chi connectivity index (χ1v) is 6.86. The smallest absolute Gasteiger partial charge is 0.309 e. The molecule has 1 atom stereocenters. The molecule has 2 N–H and O–H groups in total. The normalized spacial score (nSPS) is 11.9. The van der Waals surface area contributed by atoms with E-state index in [-0.39, 0.29) is 12.6 Å². The van der Waals surface area contributed by atoms with Gasteiger partial charge < -0.3 is 15.5 Å². The van der Waals surface area contributed by atoms with Crippen molar-refractivity contribution in [1.29, 1.82) is 0 Å². The second kappa shape index (κ2) is 7.70. The zero-order valence-electron chi connectivity index (χ0n) is 11.2. The van der Waals surface area contributed by atoms with Gasteiger partial charge in [-0.25, -0.2) is 0 Å². The summed E-state index contributed by atoms with van der Waals surface area (Å²) in [6.07, 6.45) is 1.53. The molecule has 1 rings (SSSR count).